The van der Waals surface area contributed by atoms with Gasteiger partial charge in [0.25, 0.3) is 0 Å². The first-order valence-electron chi connectivity index (χ1n) is 6.98. The number of benzene rings is 1. The minimum absolute atomic E-state index is 0.210. The van der Waals surface area contributed by atoms with Gasteiger partial charge < -0.3 is 14.8 Å². The summed E-state index contributed by atoms with van der Waals surface area (Å²) < 4.78 is 10.9. The summed E-state index contributed by atoms with van der Waals surface area (Å²) in [6, 6.07) is 7.85. The zero-order valence-electron chi connectivity index (χ0n) is 12.0. The molecule has 0 aliphatic heterocycles. The predicted molar refractivity (Wildman–Crippen MR) is 78.3 cm³/mol. The van der Waals surface area contributed by atoms with Gasteiger partial charge in [0.15, 0.2) is 6.29 Å². The highest BCUT2D eigenvalue weighted by Crippen LogP contribution is 2.08. The van der Waals surface area contributed by atoms with Gasteiger partial charge in [-0.25, -0.2) is 4.98 Å². The molecule has 5 heteroatoms. The number of fused-ring (bicyclic) bond motifs is 1. The first-order valence-corrected chi connectivity index (χ1v) is 6.98. The van der Waals surface area contributed by atoms with Crippen LogP contribution in [0.15, 0.2) is 30.5 Å². The van der Waals surface area contributed by atoms with Crippen LogP contribution in [0.5, 0.6) is 0 Å². The molecule has 5 nitrogen and oxygen atoms in total. The van der Waals surface area contributed by atoms with Gasteiger partial charge in [-0.15, -0.1) is 0 Å². The number of hydrogen-bond donors (Lipinski definition) is 1. The maximum Gasteiger partial charge on any atom is 0.169 e. The highest BCUT2D eigenvalue weighted by molar-refractivity contribution is 5.73. The molecule has 2 aromatic rings. The van der Waals surface area contributed by atoms with Crippen LogP contribution in [-0.4, -0.2) is 36.0 Å². The minimum Gasteiger partial charge on any atom is -0.352 e. The van der Waals surface area contributed by atoms with Crippen molar-refractivity contribution >= 4 is 11.0 Å². The molecular weight excluding hydrogens is 254 g/mol. The van der Waals surface area contributed by atoms with Crippen LogP contribution >= 0.6 is 0 Å². The second-order valence-corrected chi connectivity index (χ2v) is 4.32. The molecule has 1 N–H and O–H groups in total. The third-order valence-corrected chi connectivity index (χ3v) is 2.82. The van der Waals surface area contributed by atoms with Crippen molar-refractivity contribution in [2.75, 3.05) is 19.8 Å². The van der Waals surface area contributed by atoms with Gasteiger partial charge in [0, 0.05) is 26.3 Å². The van der Waals surface area contributed by atoms with E-state index in [0.29, 0.717) is 26.3 Å². The summed E-state index contributed by atoms with van der Waals surface area (Å²) in [6.45, 7) is 6.48. The van der Waals surface area contributed by atoms with Crippen molar-refractivity contribution < 1.29 is 9.47 Å². The fourth-order valence-corrected chi connectivity index (χ4v) is 1.94. The van der Waals surface area contributed by atoms with E-state index in [1.807, 2.05) is 38.1 Å². The number of nitrogens with one attached hydrogen (secondary N) is 1. The molecule has 1 heterocycles. The smallest absolute Gasteiger partial charge is 0.169 e. The summed E-state index contributed by atoms with van der Waals surface area (Å²) in [5.41, 5.74) is 2.74. The van der Waals surface area contributed by atoms with Crippen LogP contribution in [0.25, 0.3) is 11.0 Å². The average molecular weight is 275 g/mol. The van der Waals surface area contributed by atoms with Crippen molar-refractivity contribution in [3.8, 4) is 0 Å². The lowest BCUT2D eigenvalue weighted by Crippen LogP contribution is -2.31. The SMILES string of the molecule is CCOC(CNCc1cnc2ccccc2n1)OCC. The third kappa shape index (κ3) is 4.23. The summed E-state index contributed by atoms with van der Waals surface area (Å²) in [4.78, 5) is 8.94. The molecule has 0 unspecified atom stereocenters. The first kappa shape index (κ1) is 14.8. The Morgan fingerprint density at radius 1 is 1.10 bits per heavy atom. The van der Waals surface area contributed by atoms with Gasteiger partial charge in [-0.2, -0.15) is 0 Å². The normalized spacial score (nSPS) is 11.3. The predicted octanol–water partition coefficient (Wildman–Crippen LogP) is 2.12. The number of hydrogen-bond acceptors (Lipinski definition) is 5. The van der Waals surface area contributed by atoms with Gasteiger partial charge in [0.2, 0.25) is 0 Å². The largest absolute Gasteiger partial charge is 0.352 e. The van der Waals surface area contributed by atoms with Gasteiger partial charge in [0.1, 0.15) is 0 Å². The Morgan fingerprint density at radius 2 is 1.80 bits per heavy atom. The molecule has 0 aliphatic carbocycles. The Hall–Kier alpha value is -1.56. The molecule has 0 amide bonds. The molecule has 2 rings (SSSR count). The zero-order valence-corrected chi connectivity index (χ0v) is 12.0. The average Bonchev–Trinajstić information content (AvgIpc) is 2.47. The summed E-state index contributed by atoms with van der Waals surface area (Å²) >= 11 is 0. The molecule has 1 aromatic heterocycles. The Morgan fingerprint density at radius 3 is 2.50 bits per heavy atom. The third-order valence-electron chi connectivity index (χ3n) is 2.82. The molecule has 0 fully saturated rings. The van der Waals surface area contributed by atoms with Crippen molar-refractivity contribution in [1.29, 1.82) is 0 Å². The zero-order chi connectivity index (χ0) is 14.2. The molecular formula is C15H21N3O2. The van der Waals surface area contributed by atoms with E-state index in [-0.39, 0.29) is 6.29 Å². The Labute approximate surface area is 119 Å². The van der Waals surface area contributed by atoms with E-state index in [1.54, 1.807) is 6.20 Å². The molecule has 0 atom stereocenters. The molecule has 0 bridgehead atoms. The molecule has 0 aliphatic rings. The highest BCUT2D eigenvalue weighted by atomic mass is 16.7. The van der Waals surface area contributed by atoms with E-state index in [9.17, 15) is 0 Å². The van der Waals surface area contributed by atoms with Crippen LogP contribution in [0.2, 0.25) is 0 Å². The number of ether oxygens (including phenoxy) is 2. The number of para-hydroxylation sites is 2. The van der Waals surface area contributed by atoms with Crippen LogP contribution in [0.3, 0.4) is 0 Å². The fourth-order valence-electron chi connectivity index (χ4n) is 1.94. The van der Waals surface area contributed by atoms with Gasteiger partial charge in [0.05, 0.1) is 22.9 Å². The van der Waals surface area contributed by atoms with Crippen LogP contribution in [0.1, 0.15) is 19.5 Å². The molecule has 0 radical (unpaired) electrons. The second-order valence-electron chi connectivity index (χ2n) is 4.32. The highest BCUT2D eigenvalue weighted by Gasteiger charge is 2.07. The maximum atomic E-state index is 5.47. The maximum absolute atomic E-state index is 5.47. The van der Waals surface area contributed by atoms with E-state index in [2.05, 4.69) is 15.3 Å². The van der Waals surface area contributed by atoms with Crippen LogP contribution in [0, 0.1) is 0 Å². The van der Waals surface area contributed by atoms with Crippen molar-refractivity contribution in [3.63, 3.8) is 0 Å². The molecule has 20 heavy (non-hydrogen) atoms. The van der Waals surface area contributed by atoms with E-state index < -0.39 is 0 Å². The summed E-state index contributed by atoms with van der Waals surface area (Å²) in [5.74, 6) is 0. The number of aromatic nitrogens is 2. The Bertz CT molecular complexity index is 527. The van der Waals surface area contributed by atoms with E-state index in [0.717, 1.165) is 16.7 Å². The molecule has 0 spiro atoms. The van der Waals surface area contributed by atoms with Crippen LogP contribution in [0.4, 0.5) is 0 Å². The summed E-state index contributed by atoms with van der Waals surface area (Å²) in [5, 5.41) is 3.28. The molecule has 0 saturated carbocycles. The summed E-state index contributed by atoms with van der Waals surface area (Å²) in [6.07, 6.45) is 1.59. The van der Waals surface area contributed by atoms with Crippen molar-refractivity contribution in [2.24, 2.45) is 0 Å². The van der Waals surface area contributed by atoms with Gasteiger partial charge in [-0.1, -0.05) is 12.1 Å². The van der Waals surface area contributed by atoms with Crippen molar-refractivity contribution in [1.82, 2.24) is 15.3 Å². The topological polar surface area (TPSA) is 56.3 Å². The Kier molecular flexibility index (Phi) is 5.86. The molecule has 1 aromatic carbocycles. The van der Waals surface area contributed by atoms with Crippen molar-refractivity contribution in [3.05, 3.63) is 36.2 Å². The van der Waals surface area contributed by atoms with E-state index in [4.69, 9.17) is 9.47 Å². The van der Waals surface area contributed by atoms with Crippen LogP contribution < -0.4 is 5.32 Å². The summed E-state index contributed by atoms with van der Waals surface area (Å²) in [7, 11) is 0. The molecule has 0 saturated heterocycles. The van der Waals surface area contributed by atoms with Gasteiger partial charge in [-0.3, -0.25) is 4.98 Å². The second kappa shape index (κ2) is 7.89. The van der Waals surface area contributed by atoms with E-state index >= 15 is 0 Å². The first-order chi connectivity index (χ1) is 9.83. The van der Waals surface area contributed by atoms with E-state index in [1.165, 1.54) is 0 Å². The monoisotopic (exact) mass is 275 g/mol. The lowest BCUT2D eigenvalue weighted by atomic mass is 10.3. The standard InChI is InChI=1S/C15H21N3O2/c1-3-19-15(20-4-2)11-16-9-12-10-17-13-7-5-6-8-14(13)18-12/h5-8,10,15-16H,3-4,9,11H2,1-2H3. The van der Waals surface area contributed by atoms with Gasteiger partial charge in [-0.05, 0) is 26.0 Å². The lowest BCUT2D eigenvalue weighted by molar-refractivity contribution is -0.133. The molecule has 108 valence electrons. The quantitative estimate of drug-likeness (QED) is 0.748. The minimum atomic E-state index is -0.210. The lowest BCUT2D eigenvalue weighted by Gasteiger charge is -2.17. The van der Waals surface area contributed by atoms with Gasteiger partial charge >= 0.3 is 0 Å². The fraction of sp³-hybridized carbons (Fsp3) is 0.467. The number of rotatable bonds is 8. The van der Waals surface area contributed by atoms with Crippen molar-refractivity contribution in [2.45, 2.75) is 26.7 Å². The Balaban J connectivity index is 1.88. The van der Waals surface area contributed by atoms with Crippen LogP contribution in [-0.2, 0) is 16.0 Å². The number of nitrogens with zero attached hydrogens (tertiary/aromatic N) is 2.